The highest BCUT2D eigenvalue weighted by molar-refractivity contribution is 7.09. The van der Waals surface area contributed by atoms with Crippen LogP contribution in [0.15, 0.2) is 5.38 Å². The minimum Gasteiger partial charge on any atom is -0.317 e. The summed E-state index contributed by atoms with van der Waals surface area (Å²) in [6, 6.07) is 0.720. The second kappa shape index (κ2) is 6.47. The Bertz CT molecular complexity index is 329. The van der Waals surface area contributed by atoms with Crippen LogP contribution >= 0.6 is 11.3 Å². The molecule has 3 nitrogen and oxygen atoms in total. The van der Waals surface area contributed by atoms with Gasteiger partial charge in [0.15, 0.2) is 0 Å². The van der Waals surface area contributed by atoms with Crippen LogP contribution in [0.2, 0.25) is 0 Å². The lowest BCUT2D eigenvalue weighted by Gasteiger charge is -2.31. The van der Waals surface area contributed by atoms with E-state index in [0.717, 1.165) is 19.0 Å². The van der Waals surface area contributed by atoms with Crippen molar-refractivity contribution in [3.05, 3.63) is 16.1 Å². The van der Waals surface area contributed by atoms with E-state index in [4.69, 9.17) is 4.98 Å². The summed E-state index contributed by atoms with van der Waals surface area (Å²) in [6.45, 7) is 5.65. The molecular weight excluding hydrogens is 230 g/mol. The highest BCUT2D eigenvalue weighted by atomic mass is 32.1. The van der Waals surface area contributed by atoms with E-state index in [1.165, 1.54) is 43.1 Å². The molecule has 0 atom stereocenters. The lowest BCUT2D eigenvalue weighted by Crippen LogP contribution is -2.40. The number of nitrogens with zero attached hydrogens (tertiary/aromatic N) is 2. The van der Waals surface area contributed by atoms with Crippen LogP contribution in [-0.4, -0.2) is 36.1 Å². The molecular formula is C13H23N3S. The van der Waals surface area contributed by atoms with Crippen LogP contribution in [0.5, 0.6) is 0 Å². The molecule has 0 saturated carbocycles. The topological polar surface area (TPSA) is 28.2 Å². The predicted molar refractivity (Wildman–Crippen MR) is 73.5 cm³/mol. The zero-order valence-electron chi connectivity index (χ0n) is 10.9. The number of hydrogen-bond acceptors (Lipinski definition) is 4. The van der Waals surface area contributed by atoms with Crippen LogP contribution in [0, 0.1) is 0 Å². The Kier molecular flexibility index (Phi) is 4.95. The molecule has 2 rings (SSSR count). The van der Waals surface area contributed by atoms with E-state index < -0.39 is 0 Å². The first-order valence-corrected chi connectivity index (χ1v) is 7.52. The van der Waals surface area contributed by atoms with Crippen molar-refractivity contribution in [3.8, 4) is 0 Å². The summed E-state index contributed by atoms with van der Waals surface area (Å²) in [5, 5.41) is 6.90. The van der Waals surface area contributed by atoms with Gasteiger partial charge >= 0.3 is 0 Å². The Hall–Kier alpha value is -0.450. The quantitative estimate of drug-likeness (QED) is 0.872. The third-order valence-corrected chi connectivity index (χ3v) is 4.40. The molecule has 0 amide bonds. The number of thiazole rings is 1. The number of nitrogens with one attached hydrogen (secondary N) is 1. The number of piperidine rings is 1. The summed E-state index contributed by atoms with van der Waals surface area (Å²) in [7, 11) is 2.07. The normalized spacial score (nSPS) is 18.7. The molecule has 0 bridgehead atoms. The van der Waals surface area contributed by atoms with E-state index in [9.17, 15) is 0 Å². The van der Waals surface area contributed by atoms with Crippen LogP contribution in [0.1, 0.15) is 36.9 Å². The third-order valence-electron chi connectivity index (χ3n) is 3.44. The average molecular weight is 253 g/mol. The molecule has 96 valence electrons. The third kappa shape index (κ3) is 3.76. The lowest BCUT2D eigenvalue weighted by molar-refractivity contribution is 0.193. The molecule has 1 aliphatic rings. The van der Waals surface area contributed by atoms with Crippen molar-refractivity contribution in [2.24, 2.45) is 0 Å². The van der Waals surface area contributed by atoms with Crippen molar-refractivity contribution in [2.45, 2.75) is 45.2 Å². The molecule has 0 unspecified atom stereocenters. The van der Waals surface area contributed by atoms with Gasteiger partial charge in [-0.15, -0.1) is 11.3 Å². The summed E-state index contributed by atoms with van der Waals surface area (Å²) in [4.78, 5) is 7.22. The molecule has 1 aromatic heterocycles. The Morgan fingerprint density at radius 2 is 2.24 bits per heavy atom. The molecule has 17 heavy (non-hydrogen) atoms. The van der Waals surface area contributed by atoms with Crippen LogP contribution in [0.4, 0.5) is 0 Å². The summed E-state index contributed by atoms with van der Waals surface area (Å²) < 4.78 is 0. The number of aromatic nitrogens is 1. The Morgan fingerprint density at radius 1 is 1.47 bits per heavy atom. The molecule has 4 heteroatoms. The number of rotatable bonds is 5. The molecule has 1 aliphatic heterocycles. The summed E-state index contributed by atoms with van der Waals surface area (Å²) in [5.41, 5.74) is 1.27. The van der Waals surface area contributed by atoms with Crippen molar-refractivity contribution in [1.82, 2.24) is 15.2 Å². The van der Waals surface area contributed by atoms with Crippen molar-refractivity contribution in [1.29, 1.82) is 0 Å². The maximum atomic E-state index is 4.69. The second-order valence-corrected chi connectivity index (χ2v) is 5.76. The molecule has 0 radical (unpaired) electrons. The van der Waals surface area contributed by atoms with Gasteiger partial charge in [-0.25, -0.2) is 4.98 Å². The van der Waals surface area contributed by atoms with E-state index >= 15 is 0 Å². The summed E-state index contributed by atoms with van der Waals surface area (Å²) in [6.07, 6.45) is 4.86. The molecule has 1 N–H and O–H groups in total. The van der Waals surface area contributed by atoms with Gasteiger partial charge in [-0.2, -0.15) is 0 Å². The first-order chi connectivity index (χ1) is 8.31. The van der Waals surface area contributed by atoms with Gasteiger partial charge in [0.05, 0.1) is 10.7 Å². The number of aryl methyl sites for hydroxylation is 1. The van der Waals surface area contributed by atoms with Gasteiger partial charge in [0.25, 0.3) is 0 Å². The maximum absolute atomic E-state index is 4.69. The summed E-state index contributed by atoms with van der Waals surface area (Å²) >= 11 is 1.82. The minimum absolute atomic E-state index is 0.720. The van der Waals surface area contributed by atoms with E-state index in [-0.39, 0.29) is 0 Å². The SMILES string of the molecule is CCCc1nc(CN2CCC(NC)CC2)cs1. The highest BCUT2D eigenvalue weighted by Gasteiger charge is 2.18. The molecule has 1 saturated heterocycles. The second-order valence-electron chi connectivity index (χ2n) is 4.82. The van der Waals surface area contributed by atoms with Crippen LogP contribution in [0.3, 0.4) is 0 Å². The molecule has 0 aliphatic carbocycles. The van der Waals surface area contributed by atoms with Gasteiger partial charge in [0, 0.05) is 31.1 Å². The molecule has 1 aromatic rings. The number of hydrogen-bond donors (Lipinski definition) is 1. The van der Waals surface area contributed by atoms with E-state index in [1.807, 2.05) is 11.3 Å². The standard InChI is InChI=1S/C13H23N3S/c1-3-4-13-15-12(10-17-13)9-16-7-5-11(14-2)6-8-16/h10-11,14H,3-9H2,1-2H3. The summed E-state index contributed by atoms with van der Waals surface area (Å²) in [5.74, 6) is 0. The Balaban J connectivity index is 1.80. The van der Waals surface area contributed by atoms with Gasteiger partial charge in [0.1, 0.15) is 0 Å². The first-order valence-electron chi connectivity index (χ1n) is 6.64. The molecule has 1 fully saturated rings. The minimum atomic E-state index is 0.720. The van der Waals surface area contributed by atoms with Crippen LogP contribution < -0.4 is 5.32 Å². The Labute approximate surface area is 108 Å². The van der Waals surface area contributed by atoms with Crippen LogP contribution in [-0.2, 0) is 13.0 Å². The van der Waals surface area contributed by atoms with Gasteiger partial charge in [-0.1, -0.05) is 6.92 Å². The lowest BCUT2D eigenvalue weighted by atomic mass is 10.1. The van der Waals surface area contributed by atoms with Crippen molar-refractivity contribution in [3.63, 3.8) is 0 Å². The fourth-order valence-electron chi connectivity index (χ4n) is 2.36. The van der Waals surface area contributed by atoms with E-state index in [2.05, 4.69) is 29.6 Å². The van der Waals surface area contributed by atoms with Crippen molar-refractivity contribution >= 4 is 11.3 Å². The molecule has 2 heterocycles. The highest BCUT2D eigenvalue weighted by Crippen LogP contribution is 2.16. The molecule has 0 spiro atoms. The largest absolute Gasteiger partial charge is 0.317 e. The molecule has 0 aromatic carbocycles. The van der Waals surface area contributed by atoms with Crippen LogP contribution in [0.25, 0.3) is 0 Å². The van der Waals surface area contributed by atoms with Gasteiger partial charge in [-0.3, -0.25) is 4.90 Å². The van der Waals surface area contributed by atoms with E-state index in [0.29, 0.717) is 0 Å². The van der Waals surface area contributed by atoms with Crippen molar-refractivity contribution in [2.75, 3.05) is 20.1 Å². The average Bonchev–Trinajstić information content (AvgIpc) is 2.78. The smallest absolute Gasteiger partial charge is 0.0928 e. The van der Waals surface area contributed by atoms with Crippen molar-refractivity contribution < 1.29 is 0 Å². The van der Waals surface area contributed by atoms with Gasteiger partial charge in [-0.05, 0) is 32.7 Å². The maximum Gasteiger partial charge on any atom is 0.0928 e. The fraction of sp³-hybridized carbons (Fsp3) is 0.769. The zero-order valence-corrected chi connectivity index (χ0v) is 11.7. The zero-order chi connectivity index (χ0) is 12.1. The fourth-order valence-corrected chi connectivity index (χ4v) is 3.25. The van der Waals surface area contributed by atoms with Gasteiger partial charge in [0.2, 0.25) is 0 Å². The number of likely N-dealkylation sites (tertiary alicyclic amines) is 1. The van der Waals surface area contributed by atoms with E-state index in [1.54, 1.807) is 0 Å². The Morgan fingerprint density at radius 3 is 2.88 bits per heavy atom. The van der Waals surface area contributed by atoms with Gasteiger partial charge < -0.3 is 5.32 Å². The monoisotopic (exact) mass is 253 g/mol. The first kappa shape index (κ1) is 13.0. The predicted octanol–water partition coefficient (Wildman–Crippen LogP) is 2.28.